The van der Waals surface area contributed by atoms with E-state index in [2.05, 4.69) is 29.7 Å². The molecule has 1 aliphatic rings. The zero-order valence-corrected chi connectivity index (χ0v) is 16.7. The van der Waals surface area contributed by atoms with Gasteiger partial charge in [0.05, 0.1) is 5.71 Å². The molecule has 0 aliphatic heterocycles. The van der Waals surface area contributed by atoms with Crippen LogP contribution in [0.25, 0.3) is 0 Å². The Bertz CT molecular complexity index is 684. The van der Waals surface area contributed by atoms with Crippen molar-refractivity contribution in [3.8, 4) is 0 Å². The van der Waals surface area contributed by atoms with Crippen LogP contribution < -0.4 is 15.8 Å². The summed E-state index contributed by atoms with van der Waals surface area (Å²) >= 11 is 5.38. The van der Waals surface area contributed by atoms with Crippen LogP contribution in [0.5, 0.6) is 0 Å². The molecule has 0 saturated heterocycles. The van der Waals surface area contributed by atoms with E-state index in [1.807, 2.05) is 19.9 Å². The van der Waals surface area contributed by atoms with Gasteiger partial charge in [0, 0.05) is 24.0 Å². The number of furan rings is 1. The first-order chi connectivity index (χ1) is 12.3. The van der Waals surface area contributed by atoms with Gasteiger partial charge in [-0.05, 0) is 56.8 Å². The molecule has 7 heteroatoms. The van der Waals surface area contributed by atoms with Crippen LogP contribution in [0.4, 0.5) is 0 Å². The Morgan fingerprint density at radius 1 is 1.42 bits per heavy atom. The van der Waals surface area contributed by atoms with Crippen LogP contribution in [0.15, 0.2) is 15.6 Å². The number of nitrogens with zero attached hydrogens (tertiary/aromatic N) is 1. The molecule has 1 heterocycles. The highest BCUT2D eigenvalue weighted by atomic mass is 32.1. The summed E-state index contributed by atoms with van der Waals surface area (Å²) in [7, 11) is 0. The molecule has 1 aromatic heterocycles. The lowest BCUT2D eigenvalue weighted by atomic mass is 9.78. The van der Waals surface area contributed by atoms with E-state index < -0.39 is 5.97 Å². The van der Waals surface area contributed by atoms with Crippen molar-refractivity contribution in [2.45, 2.75) is 65.8 Å². The Morgan fingerprint density at radius 2 is 2.15 bits per heavy atom. The van der Waals surface area contributed by atoms with Crippen LogP contribution in [-0.2, 0) is 11.2 Å². The maximum atomic E-state index is 10.6. The Kier molecular flexibility index (Phi) is 7.20. The summed E-state index contributed by atoms with van der Waals surface area (Å²) in [6.07, 6.45) is 3.86. The number of hydrogen-bond acceptors (Lipinski definition) is 5. The molecule has 0 amide bonds. The van der Waals surface area contributed by atoms with Crippen molar-refractivity contribution in [2.75, 3.05) is 0 Å². The fourth-order valence-corrected chi connectivity index (χ4v) is 3.63. The monoisotopic (exact) mass is 378 g/mol. The minimum absolute atomic E-state index is 0.0627. The van der Waals surface area contributed by atoms with Gasteiger partial charge in [-0.3, -0.25) is 5.43 Å². The predicted molar refractivity (Wildman–Crippen MR) is 104 cm³/mol. The molecule has 0 radical (unpaired) electrons. The average Bonchev–Trinajstić information content (AvgIpc) is 2.96. The number of carbonyl (C=O) groups is 1. The third kappa shape index (κ3) is 5.56. The molecule has 1 fully saturated rings. The van der Waals surface area contributed by atoms with Gasteiger partial charge in [0.1, 0.15) is 11.5 Å². The number of thiocarbonyl (C=S) groups is 1. The normalized spacial score (nSPS) is 23.5. The number of hydrogen-bond donors (Lipinski definition) is 2. The number of aliphatic carboxylic acids is 1. The number of nitrogens with one attached hydrogen (secondary N) is 2. The molecular formula is C19H28N3O3S-. The second-order valence-electron chi connectivity index (χ2n) is 7.21. The van der Waals surface area contributed by atoms with Gasteiger partial charge in [-0.1, -0.05) is 26.7 Å². The third-order valence-electron chi connectivity index (χ3n) is 5.28. The van der Waals surface area contributed by atoms with E-state index in [1.165, 1.54) is 12.8 Å². The summed E-state index contributed by atoms with van der Waals surface area (Å²) in [5.41, 5.74) is 4.49. The van der Waals surface area contributed by atoms with Gasteiger partial charge < -0.3 is 19.6 Å². The van der Waals surface area contributed by atoms with Crippen LogP contribution >= 0.6 is 12.2 Å². The molecule has 1 saturated carbocycles. The fraction of sp³-hybridized carbons (Fsp3) is 0.632. The Balaban J connectivity index is 1.92. The molecule has 2 N–H and O–H groups in total. The first-order valence-electron chi connectivity index (χ1n) is 9.18. The summed E-state index contributed by atoms with van der Waals surface area (Å²) < 4.78 is 5.59. The average molecular weight is 379 g/mol. The SMILES string of the molecule is C/C(=N/NC(=S)N[C@H]1CCC[C@@H](C)[C@@H]1C)c1cc(CCC(=O)[O-])oc1C. The fourth-order valence-electron chi connectivity index (χ4n) is 3.43. The van der Waals surface area contributed by atoms with Crippen molar-refractivity contribution < 1.29 is 14.3 Å². The topological polar surface area (TPSA) is 89.7 Å². The van der Waals surface area contributed by atoms with E-state index >= 15 is 0 Å². The summed E-state index contributed by atoms with van der Waals surface area (Å²) in [6, 6.07) is 2.20. The van der Waals surface area contributed by atoms with Crippen LogP contribution in [-0.4, -0.2) is 22.8 Å². The Labute approximate surface area is 160 Å². The van der Waals surface area contributed by atoms with Gasteiger partial charge >= 0.3 is 0 Å². The Morgan fingerprint density at radius 3 is 2.85 bits per heavy atom. The van der Waals surface area contributed by atoms with E-state index in [4.69, 9.17) is 16.6 Å². The molecule has 2 rings (SSSR count). The molecular weight excluding hydrogens is 350 g/mol. The lowest BCUT2D eigenvalue weighted by Crippen LogP contribution is -2.46. The zero-order valence-electron chi connectivity index (χ0n) is 15.9. The first kappa shape index (κ1) is 20.4. The minimum Gasteiger partial charge on any atom is -0.550 e. The number of hydrazone groups is 1. The maximum Gasteiger partial charge on any atom is 0.187 e. The summed E-state index contributed by atoms with van der Waals surface area (Å²) in [6.45, 7) is 8.25. The number of aryl methyl sites for hydroxylation is 2. The van der Waals surface area contributed by atoms with Crippen LogP contribution in [0.1, 0.15) is 63.5 Å². The minimum atomic E-state index is -1.09. The smallest absolute Gasteiger partial charge is 0.187 e. The highest BCUT2D eigenvalue weighted by Gasteiger charge is 2.27. The van der Waals surface area contributed by atoms with Crippen molar-refractivity contribution >= 4 is 29.0 Å². The molecule has 0 bridgehead atoms. The molecule has 1 aromatic rings. The second-order valence-corrected chi connectivity index (χ2v) is 7.62. The second kappa shape index (κ2) is 9.16. The highest BCUT2D eigenvalue weighted by molar-refractivity contribution is 7.80. The molecule has 0 aromatic carbocycles. The maximum absolute atomic E-state index is 10.6. The van der Waals surface area contributed by atoms with Gasteiger partial charge in [-0.15, -0.1) is 0 Å². The van der Waals surface area contributed by atoms with Gasteiger partial charge in [0.15, 0.2) is 5.11 Å². The van der Waals surface area contributed by atoms with Crippen LogP contribution in [0, 0.1) is 18.8 Å². The summed E-state index contributed by atoms with van der Waals surface area (Å²) in [5, 5.41) is 18.8. The van der Waals surface area contributed by atoms with Gasteiger partial charge in [-0.25, -0.2) is 0 Å². The third-order valence-corrected chi connectivity index (χ3v) is 5.49. The van der Waals surface area contributed by atoms with Gasteiger partial charge in [0.2, 0.25) is 0 Å². The largest absolute Gasteiger partial charge is 0.550 e. The zero-order chi connectivity index (χ0) is 19.3. The van der Waals surface area contributed by atoms with Gasteiger partial charge in [-0.2, -0.15) is 5.10 Å². The molecule has 0 unspecified atom stereocenters. The number of rotatable bonds is 6. The molecule has 6 nitrogen and oxygen atoms in total. The van der Waals surface area contributed by atoms with Crippen LogP contribution in [0.3, 0.4) is 0 Å². The van der Waals surface area contributed by atoms with Crippen molar-refractivity contribution in [3.63, 3.8) is 0 Å². The first-order valence-corrected chi connectivity index (χ1v) is 9.59. The number of carboxylic acids is 1. The lowest BCUT2D eigenvalue weighted by Gasteiger charge is -2.35. The van der Waals surface area contributed by atoms with Gasteiger partial charge in [0.25, 0.3) is 0 Å². The summed E-state index contributed by atoms with van der Waals surface area (Å²) in [4.78, 5) is 10.6. The predicted octanol–water partition coefficient (Wildman–Crippen LogP) is 2.28. The van der Waals surface area contributed by atoms with Crippen LogP contribution in [0.2, 0.25) is 0 Å². The van der Waals surface area contributed by atoms with E-state index in [-0.39, 0.29) is 6.42 Å². The molecule has 3 atom stereocenters. The standard InChI is InChI=1S/C19H29N3O3S/c1-11-6-5-7-17(12(11)2)20-19(26)22-21-13(3)16-10-15(25-14(16)4)8-9-18(23)24/h10-12,17H,5-9H2,1-4H3,(H,23,24)(H2,20,22,26)/p-1/b21-13-/t11-,12+,17+/m1/s1. The van der Waals surface area contributed by atoms with Crippen molar-refractivity contribution in [1.29, 1.82) is 0 Å². The van der Waals surface area contributed by atoms with E-state index in [0.717, 1.165) is 17.7 Å². The lowest BCUT2D eigenvalue weighted by molar-refractivity contribution is -0.305. The molecule has 1 aliphatic carbocycles. The quantitative estimate of drug-likeness (QED) is 0.448. The number of carboxylic acid groups (broad SMARTS) is 1. The van der Waals surface area contributed by atoms with E-state index in [1.54, 1.807) is 0 Å². The van der Waals surface area contributed by atoms with E-state index in [0.29, 0.717) is 40.9 Å². The van der Waals surface area contributed by atoms with Crippen molar-refractivity contribution in [1.82, 2.24) is 10.7 Å². The Hall–Kier alpha value is -1.89. The molecule has 144 valence electrons. The number of carbonyl (C=O) groups excluding carboxylic acids is 1. The molecule has 26 heavy (non-hydrogen) atoms. The summed E-state index contributed by atoms with van der Waals surface area (Å²) in [5.74, 6) is 1.51. The highest BCUT2D eigenvalue weighted by Crippen LogP contribution is 2.29. The van der Waals surface area contributed by atoms with E-state index in [9.17, 15) is 9.90 Å². The molecule has 0 spiro atoms. The van der Waals surface area contributed by atoms with Crippen molar-refractivity contribution in [2.24, 2.45) is 16.9 Å². The van der Waals surface area contributed by atoms with Crippen molar-refractivity contribution in [3.05, 3.63) is 23.2 Å².